The van der Waals surface area contributed by atoms with Crippen molar-refractivity contribution in [3.63, 3.8) is 0 Å². The van der Waals surface area contributed by atoms with E-state index >= 15 is 0 Å². The molecule has 0 bridgehead atoms. The van der Waals surface area contributed by atoms with Gasteiger partial charge in [0.05, 0.1) is 5.39 Å². The number of likely N-dealkylation sites (N-methyl/N-ethyl adjacent to an activating group) is 1. The maximum Gasteiger partial charge on any atom is 0.255 e. The molecule has 8 heteroatoms. The second-order valence-electron chi connectivity index (χ2n) is 11.4. The number of nitrogens with zero attached hydrogens (tertiary/aromatic N) is 4. The number of piperazine rings is 1. The second-order valence-corrected chi connectivity index (χ2v) is 11.4. The molecule has 0 radical (unpaired) electrons. The van der Waals surface area contributed by atoms with Gasteiger partial charge in [0.2, 0.25) is 0 Å². The van der Waals surface area contributed by atoms with Gasteiger partial charge in [0, 0.05) is 60.6 Å². The van der Waals surface area contributed by atoms with Crippen LogP contribution in [0.25, 0.3) is 22.4 Å². The fourth-order valence-electron chi connectivity index (χ4n) is 5.65. The molecule has 7 rings (SSSR count). The zero-order valence-electron chi connectivity index (χ0n) is 24.0. The molecule has 3 aromatic carbocycles. The number of amides is 1. The highest BCUT2D eigenvalue weighted by atomic mass is 16.1. The molecule has 5 aromatic rings. The Bertz CT molecular complexity index is 1730. The highest BCUT2D eigenvalue weighted by molar-refractivity contribution is 6.05. The first-order valence-corrected chi connectivity index (χ1v) is 14.7. The molecule has 2 fully saturated rings. The summed E-state index contributed by atoms with van der Waals surface area (Å²) in [7, 11) is 2.17. The molecule has 2 aliphatic rings. The van der Waals surface area contributed by atoms with E-state index in [9.17, 15) is 4.79 Å². The molecular formula is C34H35N7O. The van der Waals surface area contributed by atoms with E-state index < -0.39 is 0 Å². The summed E-state index contributed by atoms with van der Waals surface area (Å²) < 4.78 is 0. The van der Waals surface area contributed by atoms with Gasteiger partial charge in [-0.05, 0) is 92.4 Å². The average molecular weight is 558 g/mol. The Balaban J connectivity index is 1.13. The number of nitrogens with one attached hydrogen (secondary N) is 3. The van der Waals surface area contributed by atoms with Crippen LogP contribution in [-0.4, -0.2) is 59.0 Å². The maximum atomic E-state index is 13.1. The fourth-order valence-corrected chi connectivity index (χ4v) is 5.65. The number of carbonyl (C=O) groups excluding carboxylic acids is 1. The average Bonchev–Trinajstić information content (AvgIpc) is 3.76. The summed E-state index contributed by atoms with van der Waals surface area (Å²) in [6.45, 7) is 6.22. The predicted octanol–water partition coefficient (Wildman–Crippen LogP) is 6.56. The maximum absolute atomic E-state index is 13.1. The van der Waals surface area contributed by atoms with Crippen LogP contribution in [0.4, 0.5) is 22.9 Å². The summed E-state index contributed by atoms with van der Waals surface area (Å²) in [5.74, 6) is 1.86. The minimum absolute atomic E-state index is 0.124. The minimum Gasteiger partial charge on any atom is -0.369 e. The van der Waals surface area contributed by atoms with Crippen molar-refractivity contribution < 1.29 is 4.79 Å². The van der Waals surface area contributed by atoms with Crippen LogP contribution in [0.2, 0.25) is 0 Å². The van der Waals surface area contributed by atoms with Crippen LogP contribution < -0.4 is 15.5 Å². The van der Waals surface area contributed by atoms with Gasteiger partial charge in [-0.1, -0.05) is 24.3 Å². The molecule has 8 nitrogen and oxygen atoms in total. The van der Waals surface area contributed by atoms with Crippen LogP contribution >= 0.6 is 0 Å². The van der Waals surface area contributed by atoms with Gasteiger partial charge in [0.1, 0.15) is 11.5 Å². The van der Waals surface area contributed by atoms with Crippen molar-refractivity contribution in [1.29, 1.82) is 0 Å². The van der Waals surface area contributed by atoms with Crippen molar-refractivity contribution in [2.24, 2.45) is 0 Å². The van der Waals surface area contributed by atoms with E-state index in [2.05, 4.69) is 68.9 Å². The Morgan fingerprint density at radius 3 is 2.40 bits per heavy atom. The molecule has 212 valence electrons. The first kappa shape index (κ1) is 26.2. The lowest BCUT2D eigenvalue weighted by Crippen LogP contribution is -2.44. The SMILES string of the molecule is Cc1c(NC(=O)c2ccc(C3CC3)cc2)cccc1-c1nc(Nc2ccc(N3CCN(C)CC3)cc2)c2cc[nH]c2n1. The van der Waals surface area contributed by atoms with E-state index in [1.807, 2.05) is 49.5 Å². The van der Waals surface area contributed by atoms with Gasteiger partial charge in [-0.2, -0.15) is 0 Å². The first-order valence-electron chi connectivity index (χ1n) is 14.7. The Hall–Kier alpha value is -4.69. The number of aromatic amines is 1. The topological polar surface area (TPSA) is 89.2 Å². The van der Waals surface area contributed by atoms with E-state index in [-0.39, 0.29) is 5.91 Å². The Kier molecular flexibility index (Phi) is 6.83. The molecule has 1 saturated carbocycles. The fraction of sp³-hybridized carbons (Fsp3) is 0.265. The number of hydrogen-bond donors (Lipinski definition) is 3. The van der Waals surface area contributed by atoms with Crippen LogP contribution in [0.5, 0.6) is 0 Å². The lowest BCUT2D eigenvalue weighted by molar-refractivity contribution is 0.102. The summed E-state index contributed by atoms with van der Waals surface area (Å²) in [6.07, 6.45) is 4.37. The van der Waals surface area contributed by atoms with Crippen LogP contribution in [0.1, 0.15) is 40.2 Å². The van der Waals surface area contributed by atoms with Crippen molar-refractivity contribution in [2.45, 2.75) is 25.7 Å². The van der Waals surface area contributed by atoms with Crippen LogP contribution in [0, 0.1) is 6.92 Å². The monoisotopic (exact) mass is 557 g/mol. The van der Waals surface area contributed by atoms with Gasteiger partial charge in [0.15, 0.2) is 5.82 Å². The Morgan fingerprint density at radius 1 is 0.905 bits per heavy atom. The third-order valence-electron chi connectivity index (χ3n) is 8.46. The highest BCUT2D eigenvalue weighted by Crippen LogP contribution is 2.40. The van der Waals surface area contributed by atoms with Gasteiger partial charge >= 0.3 is 0 Å². The molecule has 3 N–H and O–H groups in total. The number of H-pyrrole nitrogens is 1. The summed E-state index contributed by atoms with van der Waals surface area (Å²) in [5.41, 5.74) is 7.43. The number of carbonyl (C=O) groups is 1. The Labute approximate surface area is 245 Å². The summed E-state index contributed by atoms with van der Waals surface area (Å²) in [4.78, 5) is 30.9. The molecule has 1 amide bonds. The molecule has 42 heavy (non-hydrogen) atoms. The highest BCUT2D eigenvalue weighted by Gasteiger charge is 2.23. The zero-order valence-corrected chi connectivity index (χ0v) is 24.0. The molecule has 1 saturated heterocycles. The van der Waals surface area contributed by atoms with Gasteiger partial charge in [-0.15, -0.1) is 0 Å². The minimum atomic E-state index is -0.124. The number of anilines is 4. The molecule has 3 heterocycles. The zero-order chi connectivity index (χ0) is 28.6. The molecule has 0 spiro atoms. The quantitative estimate of drug-likeness (QED) is 0.210. The summed E-state index contributed by atoms with van der Waals surface area (Å²) >= 11 is 0. The van der Waals surface area contributed by atoms with Crippen LogP contribution in [0.3, 0.4) is 0 Å². The number of hydrogen-bond acceptors (Lipinski definition) is 6. The number of fused-ring (bicyclic) bond motifs is 1. The smallest absolute Gasteiger partial charge is 0.255 e. The van der Waals surface area contributed by atoms with E-state index in [4.69, 9.17) is 9.97 Å². The van der Waals surface area contributed by atoms with Gasteiger partial charge < -0.3 is 25.4 Å². The summed E-state index contributed by atoms with van der Waals surface area (Å²) in [6, 6.07) is 24.3. The molecular weight excluding hydrogens is 522 g/mol. The van der Waals surface area contributed by atoms with E-state index in [1.54, 1.807) is 0 Å². The number of rotatable bonds is 7. The first-order chi connectivity index (χ1) is 20.5. The van der Waals surface area contributed by atoms with E-state index in [0.717, 1.165) is 65.5 Å². The van der Waals surface area contributed by atoms with Crippen molar-refractivity contribution in [3.05, 3.63) is 95.7 Å². The van der Waals surface area contributed by atoms with Gasteiger partial charge in [-0.3, -0.25) is 4.79 Å². The molecule has 1 aliphatic carbocycles. The van der Waals surface area contributed by atoms with E-state index in [1.165, 1.54) is 24.1 Å². The third-order valence-corrected chi connectivity index (χ3v) is 8.46. The lowest BCUT2D eigenvalue weighted by Gasteiger charge is -2.34. The van der Waals surface area contributed by atoms with Crippen molar-refractivity contribution in [2.75, 3.05) is 48.8 Å². The Morgan fingerprint density at radius 2 is 1.67 bits per heavy atom. The predicted molar refractivity (Wildman–Crippen MR) is 170 cm³/mol. The molecule has 1 aliphatic heterocycles. The largest absolute Gasteiger partial charge is 0.369 e. The van der Waals surface area contributed by atoms with Crippen LogP contribution in [-0.2, 0) is 0 Å². The summed E-state index contributed by atoms with van der Waals surface area (Å²) in [5, 5.41) is 7.53. The molecule has 2 aromatic heterocycles. The standard InChI is InChI=1S/C34H35N7O/c1-22-28(4-3-5-30(22)37-34(42)25-10-8-24(9-11-25)23-6-7-23)32-38-31-29(16-17-35-31)33(39-32)36-26-12-14-27(15-13-26)41-20-18-40(2)19-21-41/h3-5,8-17,23H,6-7,18-21H2,1-2H3,(H,37,42)(H2,35,36,38,39). The van der Waals surface area contributed by atoms with Crippen molar-refractivity contribution >= 4 is 39.8 Å². The third kappa shape index (κ3) is 5.33. The van der Waals surface area contributed by atoms with Crippen molar-refractivity contribution in [1.82, 2.24) is 19.9 Å². The molecule has 0 unspecified atom stereocenters. The second kappa shape index (κ2) is 10.9. The van der Waals surface area contributed by atoms with Gasteiger partial charge in [0.25, 0.3) is 5.91 Å². The molecule has 0 atom stereocenters. The van der Waals surface area contributed by atoms with E-state index in [0.29, 0.717) is 17.3 Å². The van der Waals surface area contributed by atoms with Crippen LogP contribution in [0.15, 0.2) is 79.0 Å². The van der Waals surface area contributed by atoms with Gasteiger partial charge in [-0.25, -0.2) is 9.97 Å². The lowest BCUT2D eigenvalue weighted by atomic mass is 10.0. The van der Waals surface area contributed by atoms with Crippen molar-refractivity contribution in [3.8, 4) is 11.4 Å². The number of aromatic nitrogens is 3. The normalized spacial score (nSPS) is 15.6. The number of benzene rings is 3.